The first-order chi connectivity index (χ1) is 41.4. The summed E-state index contributed by atoms with van der Waals surface area (Å²) in [6, 6.07) is 10.4. The number of rotatable bonds is 15. The number of aryl methyl sites for hydroxylation is 1. The van der Waals surface area contributed by atoms with Gasteiger partial charge in [0, 0.05) is 78.2 Å². The Morgan fingerprint density at radius 2 is 1.41 bits per heavy atom. The van der Waals surface area contributed by atoms with Crippen LogP contribution in [-0.2, 0) is 44.8 Å². The lowest BCUT2D eigenvalue weighted by Gasteiger charge is -2.26. The van der Waals surface area contributed by atoms with Gasteiger partial charge >= 0.3 is 11.9 Å². The van der Waals surface area contributed by atoms with E-state index < -0.39 is 54.3 Å². The number of unbranched alkanes of at least 4 members (excludes halogenated alkanes) is 1. The van der Waals surface area contributed by atoms with Crippen molar-refractivity contribution in [2.45, 2.75) is 96.9 Å². The predicted octanol–water partition coefficient (Wildman–Crippen LogP) is 9.44. The van der Waals surface area contributed by atoms with Crippen LogP contribution >= 0.6 is 68.0 Å². The fraction of sp³-hybridized carbons (Fsp3) is 0.351. The largest absolute Gasteiger partial charge is 0.469 e. The van der Waals surface area contributed by atoms with E-state index in [0.29, 0.717) is 92.4 Å². The molecule has 29 heteroatoms. The molecule has 5 amide bonds. The maximum atomic E-state index is 14.4. The smallest absolute Gasteiger partial charge is 0.305 e. The van der Waals surface area contributed by atoms with Gasteiger partial charge in [-0.05, 0) is 43.4 Å². The lowest BCUT2D eigenvalue weighted by atomic mass is 9.90. The topological polar surface area (TPSA) is 315 Å². The van der Waals surface area contributed by atoms with E-state index in [4.69, 9.17) is 44.1 Å². The maximum absolute atomic E-state index is 14.4. The molecule has 0 fully saturated rings. The van der Waals surface area contributed by atoms with E-state index in [1.54, 1.807) is 70.9 Å². The van der Waals surface area contributed by atoms with Gasteiger partial charge in [-0.3, -0.25) is 38.4 Å². The van der Waals surface area contributed by atoms with Crippen LogP contribution in [0.2, 0.25) is 0 Å². The van der Waals surface area contributed by atoms with Crippen LogP contribution in [0.4, 0.5) is 5.82 Å². The van der Waals surface area contributed by atoms with Crippen molar-refractivity contribution in [1.82, 2.24) is 56.2 Å². The number of carbonyl (C=O) groups is 8. The van der Waals surface area contributed by atoms with Crippen LogP contribution in [0.25, 0.3) is 43.4 Å². The number of hydrogen-bond donors (Lipinski definition) is 5. The molecule has 8 aromatic rings. The standard InChI is InChI=1S/C57H58N12O11S6/c1-27(2)32-19-38(71)45-28(3)85-56(68-45)34(20-42(73)58-5)61-50(76)36-24-81-52(63-36)31-17-18-33(54-66-40(26-84-54)65-41(72)15-11-12-16-44(75)79-7)60-46(31)35-23-82-55(62-35)37-25-83-57(64-37)48(49(80-29(4)70)30-13-9-8-10-14-30)67-43(74)21-59-51(77)47-39(22-78-6)86-53(32)69-47/h8-10,13-14,17-18,23-27,32,34,48-49H,11-12,15-16,19-22H2,1-7H3,(H,58,73)(H,59,77)(H,61,76)(H,65,72)(H,67,74)/t32-,34-,48-,49-/m0/s1. The zero-order valence-corrected chi connectivity index (χ0v) is 52.4. The number of Topliss-reactive ketones (excluding diaryl/α,β-unsaturated/α-hetero) is 1. The lowest BCUT2D eigenvalue weighted by Crippen LogP contribution is -2.41. The average molecular weight is 1280 g/mol. The number of thiazole rings is 6. The molecule has 0 aliphatic carbocycles. The average Bonchev–Trinajstić information content (AvgIpc) is 2.06. The molecule has 23 nitrogen and oxygen atoms in total. The summed E-state index contributed by atoms with van der Waals surface area (Å²) < 4.78 is 16.1. The molecule has 9 rings (SSSR count). The number of methoxy groups -OCH3 is 2. The maximum Gasteiger partial charge on any atom is 0.305 e. The summed E-state index contributed by atoms with van der Waals surface area (Å²) >= 11 is 7.28. The lowest BCUT2D eigenvalue weighted by molar-refractivity contribution is -0.149. The summed E-state index contributed by atoms with van der Waals surface area (Å²) in [7, 11) is 4.27. The Bertz CT molecular complexity index is 3810. The molecule has 4 atom stereocenters. The Balaban J connectivity index is 1.12. The minimum absolute atomic E-state index is 0.0143. The van der Waals surface area contributed by atoms with Crippen molar-refractivity contribution >= 4 is 121 Å². The number of pyridine rings is 1. The van der Waals surface area contributed by atoms with Gasteiger partial charge in [-0.25, -0.2) is 34.9 Å². The van der Waals surface area contributed by atoms with Gasteiger partial charge in [0.05, 0.1) is 48.3 Å². The summed E-state index contributed by atoms with van der Waals surface area (Å²) in [5.74, 6) is -4.18. The number of hydrogen-bond acceptors (Lipinski definition) is 24. The minimum Gasteiger partial charge on any atom is -0.469 e. The zero-order chi connectivity index (χ0) is 61.2. The van der Waals surface area contributed by atoms with E-state index in [2.05, 4.69) is 31.6 Å². The van der Waals surface area contributed by atoms with Crippen molar-refractivity contribution in [2.75, 3.05) is 33.1 Å². The zero-order valence-electron chi connectivity index (χ0n) is 47.5. The van der Waals surface area contributed by atoms with Gasteiger partial charge in [-0.2, -0.15) is 0 Å². The van der Waals surface area contributed by atoms with Crippen molar-refractivity contribution in [3.05, 3.63) is 111 Å². The molecular weight excluding hydrogens is 1220 g/mol. The highest BCUT2D eigenvalue weighted by Gasteiger charge is 2.35. The number of benzene rings is 1. The quantitative estimate of drug-likeness (QED) is 0.0471. The molecule has 7 aromatic heterocycles. The molecule has 8 heterocycles. The van der Waals surface area contributed by atoms with E-state index in [9.17, 15) is 38.4 Å². The Kier molecular flexibility index (Phi) is 20.8. The van der Waals surface area contributed by atoms with Crippen molar-refractivity contribution in [2.24, 2.45) is 5.92 Å². The fourth-order valence-electron chi connectivity index (χ4n) is 9.06. The van der Waals surface area contributed by atoms with Crippen LogP contribution in [0.5, 0.6) is 0 Å². The van der Waals surface area contributed by atoms with Crippen molar-refractivity contribution < 1.29 is 52.6 Å². The van der Waals surface area contributed by atoms with Gasteiger partial charge in [-0.1, -0.05) is 44.2 Å². The Labute approximate surface area is 517 Å². The summed E-state index contributed by atoms with van der Waals surface area (Å²) in [4.78, 5) is 143. The van der Waals surface area contributed by atoms with Crippen LogP contribution in [-0.4, -0.2) is 110 Å². The number of ketones is 1. The van der Waals surface area contributed by atoms with Gasteiger partial charge in [0.25, 0.3) is 11.8 Å². The molecule has 1 aromatic carbocycles. The number of carbonyl (C=O) groups excluding carboxylic acids is 8. The highest BCUT2D eigenvalue weighted by molar-refractivity contribution is 7.15. The molecule has 448 valence electrons. The van der Waals surface area contributed by atoms with Crippen LogP contribution < -0.4 is 26.6 Å². The molecule has 0 radical (unpaired) electrons. The van der Waals surface area contributed by atoms with Crippen LogP contribution in [0, 0.1) is 12.8 Å². The minimum atomic E-state index is -1.08. The van der Waals surface area contributed by atoms with E-state index in [1.165, 1.54) is 96.2 Å². The first kappa shape index (κ1) is 62.6. The summed E-state index contributed by atoms with van der Waals surface area (Å²) in [5, 5.41) is 23.4. The molecule has 0 saturated heterocycles. The van der Waals surface area contributed by atoms with Crippen molar-refractivity contribution in [1.29, 1.82) is 0 Å². The number of nitrogens with one attached hydrogen (secondary N) is 5. The molecule has 1 aliphatic heterocycles. The molecular formula is C57H58N12O11S6. The number of ether oxygens (including phenoxy) is 3. The Hall–Kier alpha value is -7.93. The first-order valence-electron chi connectivity index (χ1n) is 26.9. The molecule has 5 N–H and O–H groups in total. The highest BCUT2D eigenvalue weighted by atomic mass is 32.1. The van der Waals surface area contributed by atoms with Crippen molar-refractivity contribution in [3.63, 3.8) is 0 Å². The summed E-state index contributed by atoms with van der Waals surface area (Å²) in [5.41, 5.74) is 2.89. The van der Waals surface area contributed by atoms with Crippen LogP contribution in [0.15, 0.2) is 64.0 Å². The van der Waals surface area contributed by atoms with Gasteiger partial charge < -0.3 is 40.8 Å². The molecule has 86 heavy (non-hydrogen) atoms. The van der Waals surface area contributed by atoms with Crippen molar-refractivity contribution in [3.8, 4) is 43.4 Å². The van der Waals surface area contributed by atoms with E-state index >= 15 is 0 Å². The van der Waals surface area contributed by atoms with Gasteiger partial charge in [0.2, 0.25) is 17.7 Å². The van der Waals surface area contributed by atoms with Gasteiger partial charge in [0.1, 0.15) is 71.1 Å². The molecule has 0 unspecified atom stereocenters. The summed E-state index contributed by atoms with van der Waals surface area (Å²) in [6.45, 7) is 6.38. The highest BCUT2D eigenvalue weighted by Crippen LogP contribution is 2.41. The second-order valence-corrected chi connectivity index (χ2v) is 25.7. The third-order valence-corrected chi connectivity index (χ3v) is 19.2. The van der Waals surface area contributed by atoms with Crippen LogP contribution in [0.1, 0.15) is 145 Å². The number of aromatic nitrogens is 7. The van der Waals surface area contributed by atoms with Gasteiger partial charge in [-0.15, -0.1) is 68.0 Å². The summed E-state index contributed by atoms with van der Waals surface area (Å²) in [6.07, 6.45) is 0.00314. The fourth-order valence-corrected chi connectivity index (χ4v) is 14.6. The third kappa shape index (κ3) is 15.2. The normalized spacial score (nSPS) is 16.1. The monoisotopic (exact) mass is 1280 g/mol. The van der Waals surface area contributed by atoms with Gasteiger partial charge in [0.15, 0.2) is 11.9 Å². The molecule has 10 bridgehead atoms. The van der Waals surface area contributed by atoms with Crippen LogP contribution in [0.3, 0.4) is 0 Å². The second-order valence-electron chi connectivity index (χ2n) is 19.9. The molecule has 0 spiro atoms. The number of esters is 2. The van der Waals surface area contributed by atoms with E-state index in [1.807, 2.05) is 13.8 Å². The third-order valence-electron chi connectivity index (χ3n) is 13.4. The predicted molar refractivity (Wildman–Crippen MR) is 327 cm³/mol. The number of anilines is 1. The first-order valence-corrected chi connectivity index (χ1v) is 32.1. The Morgan fingerprint density at radius 1 is 0.698 bits per heavy atom. The van der Waals surface area contributed by atoms with E-state index in [0.717, 1.165) is 0 Å². The SMILES string of the molecule is CNC(=O)C[C@@H]1NC(=O)c2csc(n2)-c2ccc(-c3nc(NC(=O)CCCCC(=O)OC)cs3)nc2-c2csc(n2)-c2csc(n2)[C@H]([C@@H](OC(C)=O)c2ccccc2)NC(=O)CNC(=O)c2nc(sc2COC)[C@H](C(C)C)CC(=O)c2nc1sc2C. The molecule has 0 saturated carbocycles. The number of nitrogens with zero attached hydrogens (tertiary/aromatic N) is 7. The van der Waals surface area contributed by atoms with E-state index in [-0.39, 0.29) is 78.9 Å². The molecule has 1 aliphatic rings. The number of fused-ring (bicyclic) bond motifs is 14. The Morgan fingerprint density at radius 3 is 2.15 bits per heavy atom. The second kappa shape index (κ2) is 28.5. The number of amides is 5.